The third-order valence-corrected chi connectivity index (χ3v) is 3.12. The quantitative estimate of drug-likeness (QED) is 0.815. The van der Waals surface area contributed by atoms with Gasteiger partial charge in [0.1, 0.15) is 0 Å². The average Bonchev–Trinajstić information content (AvgIpc) is 2.26. The third kappa shape index (κ3) is 2.53. The van der Waals surface area contributed by atoms with Crippen molar-refractivity contribution in [2.24, 2.45) is 0 Å². The first kappa shape index (κ1) is 11.4. The second-order valence-electron chi connectivity index (χ2n) is 4.87. The van der Waals surface area contributed by atoms with Gasteiger partial charge in [-0.3, -0.25) is 4.79 Å². The van der Waals surface area contributed by atoms with Crippen LogP contribution >= 0.6 is 0 Å². The molecule has 1 aromatic heterocycles. The standard InChI is InChI=1S/C13H20N2O/c1-9(2)14-8-11-7-10-5-3-4-6-12(10)15-13(11)16/h7,9,14H,3-6,8H2,1-2H3,(H,15,16). The molecule has 0 saturated carbocycles. The van der Waals surface area contributed by atoms with E-state index >= 15 is 0 Å². The van der Waals surface area contributed by atoms with Crippen molar-refractivity contribution in [3.8, 4) is 0 Å². The van der Waals surface area contributed by atoms with Crippen LogP contribution in [0.1, 0.15) is 43.5 Å². The van der Waals surface area contributed by atoms with Crippen molar-refractivity contribution in [1.29, 1.82) is 0 Å². The lowest BCUT2D eigenvalue weighted by atomic mass is 9.95. The van der Waals surface area contributed by atoms with Gasteiger partial charge in [0.2, 0.25) is 0 Å². The minimum absolute atomic E-state index is 0.0776. The van der Waals surface area contributed by atoms with Crippen molar-refractivity contribution in [1.82, 2.24) is 10.3 Å². The maximum absolute atomic E-state index is 11.8. The SMILES string of the molecule is CC(C)NCc1cc2c([nH]c1=O)CCCC2. The lowest BCUT2D eigenvalue weighted by Crippen LogP contribution is -2.27. The summed E-state index contributed by atoms with van der Waals surface area (Å²) in [7, 11) is 0. The highest BCUT2D eigenvalue weighted by molar-refractivity contribution is 5.27. The van der Waals surface area contributed by atoms with Gasteiger partial charge in [-0.15, -0.1) is 0 Å². The third-order valence-electron chi connectivity index (χ3n) is 3.12. The second kappa shape index (κ2) is 4.83. The molecule has 2 rings (SSSR count). The number of pyridine rings is 1. The molecule has 16 heavy (non-hydrogen) atoms. The van der Waals surface area contributed by atoms with E-state index in [1.807, 2.05) is 0 Å². The molecule has 0 atom stereocenters. The lowest BCUT2D eigenvalue weighted by molar-refractivity contribution is 0.582. The van der Waals surface area contributed by atoms with Gasteiger partial charge in [-0.25, -0.2) is 0 Å². The van der Waals surface area contributed by atoms with E-state index in [2.05, 4.69) is 30.2 Å². The number of aryl methyl sites for hydroxylation is 2. The van der Waals surface area contributed by atoms with E-state index in [-0.39, 0.29) is 5.56 Å². The minimum atomic E-state index is 0.0776. The summed E-state index contributed by atoms with van der Waals surface area (Å²) in [5, 5.41) is 3.29. The van der Waals surface area contributed by atoms with Gasteiger partial charge >= 0.3 is 0 Å². The van der Waals surface area contributed by atoms with E-state index in [1.54, 1.807) is 0 Å². The summed E-state index contributed by atoms with van der Waals surface area (Å²) in [5.74, 6) is 0. The number of H-pyrrole nitrogens is 1. The number of aromatic nitrogens is 1. The Hall–Kier alpha value is -1.09. The van der Waals surface area contributed by atoms with E-state index in [4.69, 9.17) is 0 Å². The van der Waals surface area contributed by atoms with Crippen LogP contribution in [0, 0.1) is 0 Å². The summed E-state index contributed by atoms with van der Waals surface area (Å²) in [6.45, 7) is 4.85. The number of nitrogens with one attached hydrogen (secondary N) is 2. The number of fused-ring (bicyclic) bond motifs is 1. The Morgan fingerprint density at radius 3 is 2.88 bits per heavy atom. The summed E-state index contributed by atoms with van der Waals surface area (Å²) < 4.78 is 0. The normalized spacial score (nSPS) is 15.2. The van der Waals surface area contributed by atoms with Gasteiger partial charge in [-0.2, -0.15) is 0 Å². The molecular weight excluding hydrogens is 200 g/mol. The van der Waals surface area contributed by atoms with Crippen molar-refractivity contribution in [2.75, 3.05) is 0 Å². The van der Waals surface area contributed by atoms with Crippen molar-refractivity contribution in [3.05, 3.63) is 33.2 Å². The summed E-state index contributed by atoms with van der Waals surface area (Å²) >= 11 is 0. The Balaban J connectivity index is 2.22. The topological polar surface area (TPSA) is 44.9 Å². The molecule has 3 heteroatoms. The molecule has 1 heterocycles. The zero-order valence-corrected chi connectivity index (χ0v) is 10.1. The van der Waals surface area contributed by atoms with E-state index in [1.165, 1.54) is 18.4 Å². The Labute approximate surface area is 96.3 Å². The second-order valence-corrected chi connectivity index (χ2v) is 4.87. The van der Waals surface area contributed by atoms with E-state index in [0.29, 0.717) is 12.6 Å². The average molecular weight is 220 g/mol. The first-order valence-corrected chi connectivity index (χ1v) is 6.14. The molecule has 0 bridgehead atoms. The zero-order chi connectivity index (χ0) is 11.5. The predicted molar refractivity (Wildman–Crippen MR) is 65.7 cm³/mol. The molecule has 2 N–H and O–H groups in total. The van der Waals surface area contributed by atoms with Gasteiger partial charge in [0, 0.05) is 23.8 Å². The van der Waals surface area contributed by atoms with Crippen LogP contribution < -0.4 is 10.9 Å². The maximum Gasteiger partial charge on any atom is 0.252 e. The van der Waals surface area contributed by atoms with Crippen molar-refractivity contribution < 1.29 is 0 Å². The summed E-state index contributed by atoms with van der Waals surface area (Å²) in [4.78, 5) is 14.8. The molecule has 0 aromatic carbocycles. The molecule has 0 fully saturated rings. The molecule has 1 aromatic rings. The van der Waals surface area contributed by atoms with Crippen LogP contribution in [-0.2, 0) is 19.4 Å². The zero-order valence-electron chi connectivity index (χ0n) is 10.1. The van der Waals surface area contributed by atoms with Crippen LogP contribution in [0.4, 0.5) is 0 Å². The summed E-state index contributed by atoms with van der Waals surface area (Å²) in [5.41, 5.74) is 3.44. The molecule has 0 saturated heterocycles. The van der Waals surface area contributed by atoms with E-state index < -0.39 is 0 Å². The Morgan fingerprint density at radius 1 is 1.38 bits per heavy atom. The number of aromatic amines is 1. The predicted octanol–water partition coefficient (Wildman–Crippen LogP) is 1.75. The van der Waals surface area contributed by atoms with Crippen LogP contribution in [0.3, 0.4) is 0 Å². The van der Waals surface area contributed by atoms with Crippen molar-refractivity contribution >= 4 is 0 Å². The molecule has 0 amide bonds. The van der Waals surface area contributed by atoms with Gasteiger partial charge < -0.3 is 10.3 Å². The first-order chi connectivity index (χ1) is 7.66. The van der Waals surface area contributed by atoms with E-state index in [9.17, 15) is 4.79 Å². The van der Waals surface area contributed by atoms with E-state index in [0.717, 1.165) is 24.1 Å². The number of hydrogen-bond donors (Lipinski definition) is 2. The Bertz CT molecular complexity index is 420. The summed E-state index contributed by atoms with van der Waals surface area (Å²) in [6.07, 6.45) is 4.59. The highest BCUT2D eigenvalue weighted by atomic mass is 16.1. The molecule has 1 aliphatic carbocycles. The van der Waals surface area contributed by atoms with Gasteiger partial charge in [-0.05, 0) is 37.3 Å². The van der Waals surface area contributed by atoms with Crippen molar-refractivity contribution in [3.63, 3.8) is 0 Å². The van der Waals surface area contributed by atoms with Crippen LogP contribution in [0.25, 0.3) is 0 Å². The van der Waals surface area contributed by atoms with Crippen molar-refractivity contribution in [2.45, 2.75) is 52.1 Å². The number of hydrogen-bond acceptors (Lipinski definition) is 2. The van der Waals surface area contributed by atoms with Gasteiger partial charge in [0.05, 0.1) is 0 Å². The molecule has 0 spiro atoms. The number of rotatable bonds is 3. The van der Waals surface area contributed by atoms with Crippen LogP contribution in [0.15, 0.2) is 10.9 Å². The summed E-state index contributed by atoms with van der Waals surface area (Å²) in [6, 6.07) is 2.50. The highest BCUT2D eigenvalue weighted by Gasteiger charge is 2.12. The molecule has 0 radical (unpaired) electrons. The smallest absolute Gasteiger partial charge is 0.252 e. The molecule has 1 aliphatic rings. The van der Waals surface area contributed by atoms with Crippen LogP contribution in [-0.4, -0.2) is 11.0 Å². The minimum Gasteiger partial charge on any atom is -0.326 e. The Kier molecular flexibility index (Phi) is 3.44. The van der Waals surface area contributed by atoms with Gasteiger partial charge in [0.25, 0.3) is 5.56 Å². The molecule has 88 valence electrons. The fraction of sp³-hybridized carbons (Fsp3) is 0.615. The fourth-order valence-electron chi connectivity index (χ4n) is 2.17. The Morgan fingerprint density at radius 2 is 2.12 bits per heavy atom. The van der Waals surface area contributed by atoms with Crippen LogP contribution in [0.2, 0.25) is 0 Å². The molecule has 0 unspecified atom stereocenters. The lowest BCUT2D eigenvalue weighted by Gasteiger charge is -2.16. The highest BCUT2D eigenvalue weighted by Crippen LogP contribution is 2.18. The monoisotopic (exact) mass is 220 g/mol. The first-order valence-electron chi connectivity index (χ1n) is 6.14. The maximum atomic E-state index is 11.8. The van der Waals surface area contributed by atoms with Gasteiger partial charge in [-0.1, -0.05) is 13.8 Å². The fourth-order valence-corrected chi connectivity index (χ4v) is 2.17. The van der Waals surface area contributed by atoms with Gasteiger partial charge in [0.15, 0.2) is 0 Å². The molecule has 3 nitrogen and oxygen atoms in total. The van der Waals surface area contributed by atoms with Crippen LogP contribution in [0.5, 0.6) is 0 Å². The largest absolute Gasteiger partial charge is 0.326 e. The molecule has 0 aliphatic heterocycles. The molecular formula is C13H20N2O.